The highest BCUT2D eigenvalue weighted by Crippen LogP contribution is 2.36. The molecule has 2 saturated heterocycles. The van der Waals surface area contributed by atoms with Crippen molar-refractivity contribution in [2.75, 3.05) is 32.6 Å². The second kappa shape index (κ2) is 12.1. The number of nitrogens with zero attached hydrogens (tertiary/aromatic N) is 4. The summed E-state index contributed by atoms with van der Waals surface area (Å²) in [4.78, 5) is 29.5. The molecule has 4 aromatic rings. The van der Waals surface area contributed by atoms with Gasteiger partial charge in [-0.3, -0.25) is 9.59 Å². The predicted molar refractivity (Wildman–Crippen MR) is 157 cm³/mol. The maximum atomic E-state index is 12.7. The fourth-order valence-corrected chi connectivity index (χ4v) is 8.02. The number of carbonyl (C=O) groups is 2. The standard InChI is InChI=1S/C23H22N4O5S2.C3H6N2O3S/c1-14-25-26-21(32-14)20(34(2,29)30)22-24-18-8-7-17(13-19(18)33-22)15-3-5-16(6-4-15)23(28)27-9-11-31-12-10-27;1-2-3(6)5-9(7,8)4-2/h3-8,13,20H,9-12H2,1-2H3;2,4H,1H3,(H,5,6)/t;2-/m.0/s1. The summed E-state index contributed by atoms with van der Waals surface area (Å²) in [6.07, 6.45) is 1.13. The van der Waals surface area contributed by atoms with E-state index in [2.05, 4.69) is 19.9 Å². The summed E-state index contributed by atoms with van der Waals surface area (Å²) in [7, 11) is -7.08. The van der Waals surface area contributed by atoms with Crippen LogP contribution in [-0.2, 0) is 29.6 Å². The summed E-state index contributed by atoms with van der Waals surface area (Å²) >= 11 is 1.28. The van der Waals surface area contributed by atoms with Crippen molar-refractivity contribution in [1.82, 2.24) is 29.5 Å². The molecule has 2 aromatic heterocycles. The first-order chi connectivity index (χ1) is 20.3. The quantitative estimate of drug-likeness (QED) is 0.320. The number of hydrogen-bond acceptors (Lipinski definition) is 12. The minimum atomic E-state index is -3.58. The number of thiazole rings is 1. The Morgan fingerprint density at radius 3 is 2.30 bits per heavy atom. The van der Waals surface area contributed by atoms with Gasteiger partial charge in [0.15, 0.2) is 15.1 Å². The summed E-state index contributed by atoms with van der Waals surface area (Å²) in [5.74, 6) is -0.196. The van der Waals surface area contributed by atoms with Crippen LogP contribution < -0.4 is 9.44 Å². The normalized spacial score (nSPS) is 19.0. The van der Waals surface area contributed by atoms with E-state index >= 15 is 0 Å². The summed E-state index contributed by atoms with van der Waals surface area (Å²) in [6, 6.07) is 12.6. The number of aromatic nitrogens is 3. The van der Waals surface area contributed by atoms with Gasteiger partial charge in [0.25, 0.3) is 11.8 Å². The van der Waals surface area contributed by atoms with Crippen LogP contribution in [-0.4, -0.2) is 87.3 Å². The first-order valence-electron chi connectivity index (χ1n) is 13.0. The molecular formula is C26H28N6O8S3. The minimum Gasteiger partial charge on any atom is -0.424 e. The van der Waals surface area contributed by atoms with Gasteiger partial charge >= 0.3 is 10.2 Å². The Morgan fingerprint density at radius 2 is 1.77 bits per heavy atom. The van der Waals surface area contributed by atoms with Gasteiger partial charge in [0, 0.05) is 31.8 Å². The molecule has 0 saturated carbocycles. The number of fused-ring (bicyclic) bond motifs is 1. The Balaban J connectivity index is 0.000000351. The molecule has 2 aliphatic rings. The molecule has 0 radical (unpaired) electrons. The van der Waals surface area contributed by atoms with Gasteiger partial charge in [-0.2, -0.15) is 13.1 Å². The average molecular weight is 649 g/mol. The van der Waals surface area contributed by atoms with E-state index in [1.807, 2.05) is 42.5 Å². The molecule has 1 unspecified atom stereocenters. The van der Waals surface area contributed by atoms with Gasteiger partial charge in [0.05, 0.1) is 23.4 Å². The largest absolute Gasteiger partial charge is 0.424 e. The van der Waals surface area contributed by atoms with Crippen molar-refractivity contribution in [3.8, 4) is 11.1 Å². The van der Waals surface area contributed by atoms with Crippen LogP contribution in [0.4, 0.5) is 0 Å². The van der Waals surface area contributed by atoms with Gasteiger partial charge in [0.2, 0.25) is 11.8 Å². The predicted octanol–water partition coefficient (Wildman–Crippen LogP) is 1.60. The smallest absolute Gasteiger partial charge is 0.302 e. The van der Waals surface area contributed by atoms with Gasteiger partial charge in [-0.1, -0.05) is 18.2 Å². The molecule has 2 atom stereocenters. The van der Waals surface area contributed by atoms with Gasteiger partial charge in [-0.05, 0) is 42.3 Å². The van der Waals surface area contributed by atoms with Crippen molar-refractivity contribution in [3.63, 3.8) is 0 Å². The van der Waals surface area contributed by atoms with Crippen LogP contribution in [0.25, 0.3) is 21.3 Å². The average Bonchev–Trinajstić information content (AvgIpc) is 3.63. The van der Waals surface area contributed by atoms with Crippen LogP contribution in [0.3, 0.4) is 0 Å². The zero-order valence-electron chi connectivity index (χ0n) is 23.3. The van der Waals surface area contributed by atoms with E-state index in [1.54, 1.807) is 16.5 Å². The van der Waals surface area contributed by atoms with E-state index in [1.165, 1.54) is 18.3 Å². The fraction of sp³-hybridized carbons (Fsp3) is 0.346. The van der Waals surface area contributed by atoms with Crippen molar-refractivity contribution in [2.24, 2.45) is 0 Å². The number of nitrogens with one attached hydrogen (secondary N) is 2. The number of ether oxygens (including phenoxy) is 1. The molecule has 228 valence electrons. The lowest BCUT2D eigenvalue weighted by molar-refractivity contribution is -0.119. The molecule has 14 nitrogen and oxygen atoms in total. The summed E-state index contributed by atoms with van der Waals surface area (Å²) in [5, 5.41) is 6.95. The Kier molecular flexibility index (Phi) is 8.62. The summed E-state index contributed by atoms with van der Waals surface area (Å²) in [6.45, 7) is 5.41. The molecule has 2 fully saturated rings. The molecular weight excluding hydrogens is 621 g/mol. The van der Waals surface area contributed by atoms with Crippen LogP contribution >= 0.6 is 11.3 Å². The van der Waals surface area contributed by atoms with Crippen molar-refractivity contribution in [3.05, 3.63) is 64.8 Å². The third kappa shape index (κ3) is 7.07. The molecule has 2 aliphatic heterocycles. The number of amides is 2. The molecule has 17 heteroatoms. The molecule has 2 N–H and O–H groups in total. The highest BCUT2D eigenvalue weighted by Gasteiger charge is 2.33. The highest BCUT2D eigenvalue weighted by molar-refractivity contribution is 7.91. The van der Waals surface area contributed by atoms with E-state index in [0.29, 0.717) is 48.3 Å². The van der Waals surface area contributed by atoms with Crippen molar-refractivity contribution < 1.29 is 35.6 Å². The second-order valence-electron chi connectivity index (χ2n) is 9.89. The number of rotatable bonds is 5. The van der Waals surface area contributed by atoms with Crippen LogP contribution in [0.5, 0.6) is 0 Å². The summed E-state index contributed by atoms with van der Waals surface area (Å²) in [5.41, 5.74) is 3.21. The monoisotopic (exact) mass is 648 g/mol. The number of hydrogen-bond donors (Lipinski definition) is 2. The van der Waals surface area contributed by atoms with Gasteiger partial charge < -0.3 is 14.1 Å². The van der Waals surface area contributed by atoms with E-state index < -0.39 is 37.2 Å². The fourth-order valence-electron chi connectivity index (χ4n) is 4.41. The van der Waals surface area contributed by atoms with Crippen LogP contribution in [0, 0.1) is 6.92 Å². The Bertz CT molecular complexity index is 1880. The highest BCUT2D eigenvalue weighted by atomic mass is 32.2. The number of benzene rings is 2. The van der Waals surface area contributed by atoms with Crippen LogP contribution in [0.1, 0.15) is 39.3 Å². The SMILES string of the molecule is C[C@@H]1NS(=O)(=O)NC1=O.Cc1nnc(C(c2nc3ccc(-c4ccc(C(=O)N5CCOCC5)cc4)cc3s2)S(C)(=O)=O)o1. The van der Waals surface area contributed by atoms with Crippen molar-refractivity contribution in [2.45, 2.75) is 25.1 Å². The molecule has 4 heterocycles. The van der Waals surface area contributed by atoms with Gasteiger partial charge in [-0.25, -0.2) is 18.1 Å². The third-order valence-electron chi connectivity index (χ3n) is 6.55. The van der Waals surface area contributed by atoms with Crippen molar-refractivity contribution >= 4 is 53.4 Å². The first-order valence-corrected chi connectivity index (χ1v) is 17.3. The number of morpholine rings is 1. The molecule has 0 bridgehead atoms. The Hall–Kier alpha value is -3.77. The minimum absolute atomic E-state index is 0.000444. The molecule has 0 spiro atoms. The van der Waals surface area contributed by atoms with Gasteiger partial charge in [0.1, 0.15) is 11.0 Å². The van der Waals surface area contributed by atoms with E-state index in [0.717, 1.165) is 22.1 Å². The van der Waals surface area contributed by atoms with E-state index in [4.69, 9.17) is 9.15 Å². The lowest BCUT2D eigenvalue weighted by Crippen LogP contribution is -2.40. The lowest BCUT2D eigenvalue weighted by Gasteiger charge is -2.26. The third-order valence-corrected chi connectivity index (χ3v) is 10.2. The number of aryl methyl sites for hydroxylation is 1. The Labute approximate surface area is 251 Å². The zero-order chi connectivity index (χ0) is 30.9. The zero-order valence-corrected chi connectivity index (χ0v) is 25.8. The van der Waals surface area contributed by atoms with Gasteiger partial charge in [-0.15, -0.1) is 21.5 Å². The second-order valence-corrected chi connectivity index (χ2v) is 14.5. The van der Waals surface area contributed by atoms with Crippen molar-refractivity contribution in [1.29, 1.82) is 0 Å². The number of sulfone groups is 1. The van der Waals surface area contributed by atoms with Crippen LogP contribution in [0.2, 0.25) is 0 Å². The lowest BCUT2D eigenvalue weighted by atomic mass is 10.0. The number of carbonyl (C=O) groups excluding carboxylic acids is 2. The van der Waals surface area contributed by atoms with E-state index in [9.17, 15) is 26.4 Å². The first kappa shape index (κ1) is 30.7. The van der Waals surface area contributed by atoms with E-state index in [-0.39, 0.29) is 11.8 Å². The maximum Gasteiger partial charge on any atom is 0.302 e. The van der Waals surface area contributed by atoms with Crippen LogP contribution in [0.15, 0.2) is 46.9 Å². The molecule has 43 heavy (non-hydrogen) atoms. The molecule has 2 amide bonds. The Morgan fingerprint density at radius 1 is 1.09 bits per heavy atom. The maximum absolute atomic E-state index is 12.7. The summed E-state index contributed by atoms with van der Waals surface area (Å²) < 4.78 is 61.2. The molecule has 2 aromatic carbocycles. The topological polar surface area (TPSA) is 191 Å². The molecule has 0 aliphatic carbocycles. The molecule has 6 rings (SSSR count).